The maximum atomic E-state index is 12.4. The van der Waals surface area contributed by atoms with Gasteiger partial charge in [-0.3, -0.25) is 9.59 Å². The summed E-state index contributed by atoms with van der Waals surface area (Å²) in [5.41, 5.74) is 0.951. The van der Waals surface area contributed by atoms with E-state index in [0.717, 1.165) is 12.0 Å². The first-order valence-electron chi connectivity index (χ1n) is 6.69. The van der Waals surface area contributed by atoms with Gasteiger partial charge in [0.05, 0.1) is 12.6 Å². The summed E-state index contributed by atoms with van der Waals surface area (Å²) in [6.45, 7) is 1.15. The van der Waals surface area contributed by atoms with Gasteiger partial charge in [0.2, 0.25) is 11.8 Å². The molecule has 2 amide bonds. The van der Waals surface area contributed by atoms with Crippen LogP contribution in [0.5, 0.6) is 0 Å². The number of carbonyl (C=O) groups is 2. The second-order valence-corrected chi connectivity index (χ2v) is 4.83. The summed E-state index contributed by atoms with van der Waals surface area (Å²) in [5.74, 6) is -1.15. The van der Waals surface area contributed by atoms with Crippen molar-refractivity contribution in [3.63, 3.8) is 0 Å². The van der Waals surface area contributed by atoms with Crippen LogP contribution in [-0.4, -0.2) is 36.3 Å². The van der Waals surface area contributed by atoms with E-state index in [1.54, 1.807) is 0 Å². The van der Waals surface area contributed by atoms with Crippen molar-refractivity contribution in [3.8, 4) is 6.07 Å². The highest BCUT2D eigenvalue weighted by molar-refractivity contribution is 5.87. The molecule has 0 aromatic heterocycles. The molecule has 1 saturated heterocycles. The number of hydrogen-bond donors (Lipinski definition) is 1. The maximum Gasteiger partial charge on any atom is 0.240 e. The number of rotatable bonds is 3. The van der Waals surface area contributed by atoms with Crippen molar-refractivity contribution >= 4 is 11.8 Å². The zero-order valence-corrected chi connectivity index (χ0v) is 11.2. The average molecular weight is 271 g/mol. The summed E-state index contributed by atoms with van der Waals surface area (Å²) in [5, 5.41) is 11.9. The molecule has 1 aromatic carbocycles. The Labute approximate surface area is 118 Å². The fourth-order valence-electron chi connectivity index (χ4n) is 2.25. The lowest BCUT2D eigenvalue weighted by atomic mass is 9.99. The highest BCUT2D eigenvalue weighted by Crippen LogP contribution is 2.12. The topological polar surface area (TPSA) is 73.2 Å². The van der Waals surface area contributed by atoms with Gasteiger partial charge in [-0.2, -0.15) is 5.26 Å². The molecular weight excluding hydrogens is 254 g/mol. The van der Waals surface area contributed by atoms with E-state index in [2.05, 4.69) is 11.4 Å². The molecule has 104 valence electrons. The van der Waals surface area contributed by atoms with Crippen molar-refractivity contribution in [3.05, 3.63) is 35.9 Å². The Morgan fingerprint density at radius 3 is 2.85 bits per heavy atom. The van der Waals surface area contributed by atoms with E-state index in [-0.39, 0.29) is 18.4 Å². The lowest BCUT2D eigenvalue weighted by Gasteiger charge is -2.21. The molecule has 1 unspecified atom stereocenters. The van der Waals surface area contributed by atoms with Crippen molar-refractivity contribution in [2.75, 3.05) is 19.6 Å². The van der Waals surface area contributed by atoms with Gasteiger partial charge in [-0.15, -0.1) is 0 Å². The van der Waals surface area contributed by atoms with E-state index in [1.165, 1.54) is 4.90 Å². The van der Waals surface area contributed by atoms with Gasteiger partial charge in [-0.25, -0.2) is 0 Å². The van der Waals surface area contributed by atoms with E-state index in [4.69, 9.17) is 0 Å². The van der Waals surface area contributed by atoms with Gasteiger partial charge in [-0.05, 0) is 18.4 Å². The van der Waals surface area contributed by atoms with Crippen molar-refractivity contribution in [1.29, 1.82) is 5.26 Å². The second-order valence-electron chi connectivity index (χ2n) is 4.83. The zero-order valence-electron chi connectivity index (χ0n) is 11.2. The number of nitriles is 1. The van der Waals surface area contributed by atoms with Crippen LogP contribution in [-0.2, 0) is 16.0 Å². The number of nitrogens with zero attached hydrogens (tertiary/aromatic N) is 2. The molecule has 1 heterocycles. The Hall–Kier alpha value is -2.35. The third-order valence-electron chi connectivity index (χ3n) is 3.31. The molecule has 5 heteroatoms. The molecule has 1 atom stereocenters. The summed E-state index contributed by atoms with van der Waals surface area (Å²) in [6.07, 6.45) is 1.11. The molecule has 1 fully saturated rings. The molecule has 1 N–H and O–H groups in total. The van der Waals surface area contributed by atoms with Crippen LogP contribution < -0.4 is 5.32 Å². The molecule has 0 radical (unpaired) electrons. The minimum Gasteiger partial charge on any atom is -0.354 e. The van der Waals surface area contributed by atoms with E-state index < -0.39 is 5.92 Å². The predicted octanol–water partition coefficient (Wildman–Crippen LogP) is 0.717. The number of nitrogens with one attached hydrogen (secondary N) is 1. The van der Waals surface area contributed by atoms with E-state index in [9.17, 15) is 14.9 Å². The number of carbonyl (C=O) groups excluding carboxylic acids is 2. The van der Waals surface area contributed by atoms with Crippen LogP contribution in [0.25, 0.3) is 0 Å². The van der Waals surface area contributed by atoms with Gasteiger partial charge in [0.15, 0.2) is 0 Å². The molecule has 1 aromatic rings. The van der Waals surface area contributed by atoms with Crippen LogP contribution in [0, 0.1) is 17.2 Å². The molecular formula is C15H17N3O2. The Kier molecular flexibility index (Phi) is 4.72. The summed E-state index contributed by atoms with van der Waals surface area (Å²) in [6, 6.07) is 11.5. The number of benzene rings is 1. The molecule has 0 spiro atoms. The van der Waals surface area contributed by atoms with Gasteiger partial charge in [0.1, 0.15) is 5.92 Å². The molecule has 0 aliphatic carbocycles. The summed E-state index contributed by atoms with van der Waals surface area (Å²) in [7, 11) is 0. The molecule has 5 nitrogen and oxygen atoms in total. The fourth-order valence-corrected chi connectivity index (χ4v) is 2.25. The summed E-state index contributed by atoms with van der Waals surface area (Å²) >= 11 is 0. The van der Waals surface area contributed by atoms with Crippen molar-refractivity contribution < 1.29 is 9.59 Å². The Morgan fingerprint density at radius 1 is 1.40 bits per heavy atom. The first-order valence-corrected chi connectivity index (χ1v) is 6.69. The molecule has 0 saturated carbocycles. The minimum atomic E-state index is -0.733. The van der Waals surface area contributed by atoms with Crippen LogP contribution in [0.3, 0.4) is 0 Å². The second kappa shape index (κ2) is 6.71. The van der Waals surface area contributed by atoms with Gasteiger partial charge in [0.25, 0.3) is 0 Å². The zero-order chi connectivity index (χ0) is 14.4. The molecule has 2 rings (SSSR count). The fraction of sp³-hybridized carbons (Fsp3) is 0.400. The molecule has 1 aliphatic heterocycles. The molecule has 0 bridgehead atoms. The Bertz CT molecular complexity index is 522. The standard InChI is InChI=1S/C15H17N3O2/c16-10-13(9-12-5-2-1-3-6-12)15(20)18-8-4-7-17-14(19)11-18/h1-3,5-6,13H,4,7-9,11H2,(H,17,19). The largest absolute Gasteiger partial charge is 0.354 e. The van der Waals surface area contributed by atoms with Crippen LogP contribution >= 0.6 is 0 Å². The predicted molar refractivity (Wildman–Crippen MR) is 73.5 cm³/mol. The SMILES string of the molecule is N#CC(Cc1ccccc1)C(=O)N1CCCNC(=O)C1. The monoisotopic (exact) mass is 271 g/mol. The quantitative estimate of drug-likeness (QED) is 0.880. The lowest BCUT2D eigenvalue weighted by Crippen LogP contribution is -2.41. The van der Waals surface area contributed by atoms with Gasteiger partial charge >= 0.3 is 0 Å². The normalized spacial score (nSPS) is 16.8. The van der Waals surface area contributed by atoms with Crippen LogP contribution in [0.4, 0.5) is 0 Å². The van der Waals surface area contributed by atoms with Crippen LogP contribution in [0.15, 0.2) is 30.3 Å². The van der Waals surface area contributed by atoms with Crippen LogP contribution in [0.1, 0.15) is 12.0 Å². The van der Waals surface area contributed by atoms with E-state index in [1.807, 2.05) is 30.3 Å². The first-order chi connectivity index (χ1) is 9.70. The van der Waals surface area contributed by atoms with Crippen molar-refractivity contribution in [2.24, 2.45) is 5.92 Å². The highest BCUT2D eigenvalue weighted by Gasteiger charge is 2.27. The van der Waals surface area contributed by atoms with Crippen molar-refractivity contribution in [2.45, 2.75) is 12.8 Å². The molecule has 20 heavy (non-hydrogen) atoms. The third kappa shape index (κ3) is 3.58. The summed E-state index contributed by atoms with van der Waals surface area (Å²) < 4.78 is 0. The van der Waals surface area contributed by atoms with Crippen LogP contribution in [0.2, 0.25) is 0 Å². The van der Waals surface area contributed by atoms with Gasteiger partial charge in [0, 0.05) is 13.1 Å². The van der Waals surface area contributed by atoms with E-state index in [0.29, 0.717) is 19.5 Å². The third-order valence-corrected chi connectivity index (χ3v) is 3.31. The van der Waals surface area contributed by atoms with Gasteiger partial charge in [-0.1, -0.05) is 30.3 Å². The number of amides is 2. The van der Waals surface area contributed by atoms with Crippen molar-refractivity contribution in [1.82, 2.24) is 10.2 Å². The van der Waals surface area contributed by atoms with E-state index >= 15 is 0 Å². The highest BCUT2D eigenvalue weighted by atomic mass is 16.2. The smallest absolute Gasteiger partial charge is 0.240 e. The first kappa shape index (κ1) is 14.1. The molecule has 1 aliphatic rings. The maximum absolute atomic E-state index is 12.4. The Morgan fingerprint density at radius 2 is 2.15 bits per heavy atom. The average Bonchev–Trinajstić information content (AvgIpc) is 2.70. The lowest BCUT2D eigenvalue weighted by molar-refractivity contribution is -0.137. The summed E-state index contributed by atoms with van der Waals surface area (Å²) in [4.78, 5) is 25.3. The minimum absolute atomic E-state index is 0.0474. The van der Waals surface area contributed by atoms with Gasteiger partial charge < -0.3 is 10.2 Å². The Balaban J connectivity index is 2.05. The number of hydrogen-bond acceptors (Lipinski definition) is 3.